The molecule has 0 saturated heterocycles. The van der Waals surface area contributed by atoms with Crippen molar-refractivity contribution in [2.75, 3.05) is 0 Å². The average molecular weight is 324 g/mol. The molecule has 122 valence electrons. The van der Waals surface area contributed by atoms with Crippen molar-refractivity contribution in [1.29, 1.82) is 0 Å². The summed E-state index contributed by atoms with van der Waals surface area (Å²) in [6.45, 7) is 0. The van der Waals surface area contributed by atoms with E-state index in [0.29, 0.717) is 16.7 Å². The second-order valence-electron chi connectivity index (χ2n) is 5.51. The predicted octanol–water partition coefficient (Wildman–Crippen LogP) is 3.39. The Kier molecular flexibility index (Phi) is 3.92. The lowest BCUT2D eigenvalue weighted by Gasteiger charge is -2.21. The lowest BCUT2D eigenvalue weighted by atomic mass is 9.84. The van der Waals surface area contributed by atoms with Gasteiger partial charge < -0.3 is 25.5 Å². The maximum atomic E-state index is 10.2. The summed E-state index contributed by atoms with van der Waals surface area (Å²) in [6, 6.07) is 14.5. The SMILES string of the molecule is Oc1ccc(C(c2cc(O)ccc2O)c2cc(O)ccc2O)cc1. The highest BCUT2D eigenvalue weighted by atomic mass is 16.3. The van der Waals surface area contributed by atoms with Crippen molar-refractivity contribution in [3.8, 4) is 28.7 Å². The van der Waals surface area contributed by atoms with E-state index in [1.807, 2.05) is 0 Å². The van der Waals surface area contributed by atoms with Crippen molar-refractivity contribution in [3.63, 3.8) is 0 Å². The molecule has 0 aliphatic carbocycles. The molecule has 5 N–H and O–H groups in total. The fourth-order valence-electron chi connectivity index (χ4n) is 2.74. The first-order valence-electron chi connectivity index (χ1n) is 7.28. The normalized spacial score (nSPS) is 10.9. The maximum absolute atomic E-state index is 10.2. The van der Waals surface area contributed by atoms with Crippen LogP contribution in [0.2, 0.25) is 0 Å². The third-order valence-corrected chi connectivity index (χ3v) is 3.87. The molecule has 0 bridgehead atoms. The first-order valence-corrected chi connectivity index (χ1v) is 7.28. The Hall–Kier alpha value is -3.34. The van der Waals surface area contributed by atoms with E-state index in [0.717, 1.165) is 0 Å². The third-order valence-electron chi connectivity index (χ3n) is 3.87. The third kappa shape index (κ3) is 2.92. The van der Waals surface area contributed by atoms with Crippen LogP contribution in [0.4, 0.5) is 0 Å². The molecule has 0 aliphatic rings. The highest BCUT2D eigenvalue weighted by Gasteiger charge is 2.24. The predicted molar refractivity (Wildman–Crippen MR) is 88.6 cm³/mol. The summed E-state index contributed by atoms with van der Waals surface area (Å²) in [5.41, 5.74) is 1.39. The molecular weight excluding hydrogens is 308 g/mol. The van der Waals surface area contributed by atoms with Gasteiger partial charge in [-0.1, -0.05) is 12.1 Å². The van der Waals surface area contributed by atoms with E-state index in [1.165, 1.54) is 48.5 Å². The minimum atomic E-state index is -0.648. The summed E-state index contributed by atoms with van der Waals surface area (Å²) in [7, 11) is 0. The molecule has 0 spiro atoms. The van der Waals surface area contributed by atoms with Crippen molar-refractivity contribution in [1.82, 2.24) is 0 Å². The highest BCUT2D eigenvalue weighted by Crippen LogP contribution is 2.42. The lowest BCUT2D eigenvalue weighted by Crippen LogP contribution is -2.04. The van der Waals surface area contributed by atoms with E-state index in [2.05, 4.69) is 0 Å². The van der Waals surface area contributed by atoms with Gasteiger partial charge in [0.25, 0.3) is 0 Å². The van der Waals surface area contributed by atoms with Crippen LogP contribution in [-0.4, -0.2) is 25.5 Å². The zero-order valence-electron chi connectivity index (χ0n) is 12.6. The zero-order valence-corrected chi connectivity index (χ0v) is 12.6. The van der Waals surface area contributed by atoms with E-state index < -0.39 is 5.92 Å². The summed E-state index contributed by atoms with van der Waals surface area (Å²) in [4.78, 5) is 0. The van der Waals surface area contributed by atoms with Gasteiger partial charge in [-0.2, -0.15) is 0 Å². The Labute approximate surface area is 138 Å². The van der Waals surface area contributed by atoms with Gasteiger partial charge in [0.2, 0.25) is 0 Å². The standard InChI is InChI=1S/C19H16O5/c20-12-3-1-11(2-4-12)19(15-9-13(21)5-7-17(15)23)16-10-14(22)6-8-18(16)24/h1-10,19-24H. The summed E-state index contributed by atoms with van der Waals surface area (Å²) in [6.07, 6.45) is 0. The number of aromatic hydroxyl groups is 5. The molecule has 3 aromatic rings. The van der Waals surface area contributed by atoms with Crippen LogP contribution in [0.1, 0.15) is 22.6 Å². The van der Waals surface area contributed by atoms with Gasteiger partial charge in [0.05, 0.1) is 0 Å². The Balaban J connectivity index is 2.26. The molecule has 24 heavy (non-hydrogen) atoms. The van der Waals surface area contributed by atoms with Crippen LogP contribution in [-0.2, 0) is 0 Å². The van der Waals surface area contributed by atoms with Crippen LogP contribution in [0.5, 0.6) is 28.7 Å². The highest BCUT2D eigenvalue weighted by molar-refractivity contribution is 5.55. The molecule has 0 aliphatic heterocycles. The van der Waals surface area contributed by atoms with E-state index in [4.69, 9.17) is 0 Å². The minimum absolute atomic E-state index is 0.0359. The number of hydrogen-bond acceptors (Lipinski definition) is 5. The second kappa shape index (κ2) is 6.04. The van der Waals surface area contributed by atoms with Gasteiger partial charge in [-0.15, -0.1) is 0 Å². The van der Waals surface area contributed by atoms with Crippen molar-refractivity contribution in [2.24, 2.45) is 0 Å². The Morgan fingerprint density at radius 2 is 0.917 bits per heavy atom. The zero-order chi connectivity index (χ0) is 17.3. The summed E-state index contributed by atoms with van der Waals surface area (Å²) < 4.78 is 0. The molecule has 3 rings (SSSR count). The van der Waals surface area contributed by atoms with Crippen LogP contribution in [0.15, 0.2) is 60.7 Å². The van der Waals surface area contributed by atoms with Gasteiger partial charge in [-0.05, 0) is 54.1 Å². The quantitative estimate of drug-likeness (QED) is 0.375. The molecule has 0 radical (unpaired) electrons. The average Bonchev–Trinajstić information content (AvgIpc) is 2.56. The van der Waals surface area contributed by atoms with E-state index >= 15 is 0 Å². The smallest absolute Gasteiger partial charge is 0.120 e. The minimum Gasteiger partial charge on any atom is -0.508 e. The van der Waals surface area contributed by atoms with Crippen molar-refractivity contribution in [2.45, 2.75) is 5.92 Å². The molecule has 0 aromatic heterocycles. The van der Waals surface area contributed by atoms with E-state index in [-0.39, 0.29) is 28.7 Å². The molecule has 0 unspecified atom stereocenters. The van der Waals surface area contributed by atoms with E-state index in [9.17, 15) is 25.5 Å². The first kappa shape index (κ1) is 15.6. The first-order chi connectivity index (χ1) is 11.5. The summed E-state index contributed by atoms with van der Waals surface area (Å²) in [5, 5.41) is 49.5. The summed E-state index contributed by atoms with van der Waals surface area (Å²) >= 11 is 0. The Morgan fingerprint density at radius 1 is 0.500 bits per heavy atom. The Bertz CT molecular complexity index is 820. The van der Waals surface area contributed by atoms with Gasteiger partial charge in [-0.25, -0.2) is 0 Å². The molecule has 0 amide bonds. The molecule has 0 saturated carbocycles. The number of phenolic OH excluding ortho intramolecular Hbond substituents is 5. The van der Waals surface area contributed by atoms with Crippen LogP contribution in [0, 0.1) is 0 Å². The molecule has 3 aromatic carbocycles. The Morgan fingerprint density at radius 3 is 1.38 bits per heavy atom. The number of rotatable bonds is 3. The van der Waals surface area contributed by atoms with Crippen LogP contribution in [0.3, 0.4) is 0 Å². The number of phenols is 5. The molecule has 0 fully saturated rings. The molecule has 0 heterocycles. The topological polar surface area (TPSA) is 101 Å². The second-order valence-corrected chi connectivity index (χ2v) is 5.51. The number of hydrogen-bond donors (Lipinski definition) is 5. The van der Waals surface area contributed by atoms with Crippen molar-refractivity contribution >= 4 is 0 Å². The fourth-order valence-corrected chi connectivity index (χ4v) is 2.74. The molecule has 0 atom stereocenters. The monoisotopic (exact) mass is 324 g/mol. The molecule has 5 heteroatoms. The van der Waals surface area contributed by atoms with Crippen LogP contribution in [0.25, 0.3) is 0 Å². The van der Waals surface area contributed by atoms with Crippen LogP contribution >= 0.6 is 0 Å². The van der Waals surface area contributed by atoms with Gasteiger partial charge >= 0.3 is 0 Å². The van der Waals surface area contributed by atoms with Gasteiger partial charge in [0, 0.05) is 17.0 Å². The fraction of sp³-hybridized carbons (Fsp3) is 0.0526. The van der Waals surface area contributed by atoms with Gasteiger partial charge in [-0.3, -0.25) is 0 Å². The summed E-state index contributed by atoms with van der Waals surface area (Å²) in [5.74, 6) is -0.762. The lowest BCUT2D eigenvalue weighted by molar-refractivity contribution is 0.445. The number of benzene rings is 3. The van der Waals surface area contributed by atoms with E-state index in [1.54, 1.807) is 12.1 Å². The largest absolute Gasteiger partial charge is 0.508 e. The van der Waals surface area contributed by atoms with Gasteiger partial charge in [0.1, 0.15) is 28.7 Å². The molecular formula is C19H16O5. The van der Waals surface area contributed by atoms with Crippen molar-refractivity contribution in [3.05, 3.63) is 77.4 Å². The maximum Gasteiger partial charge on any atom is 0.120 e. The van der Waals surface area contributed by atoms with Crippen LogP contribution < -0.4 is 0 Å². The van der Waals surface area contributed by atoms with Gasteiger partial charge in [0.15, 0.2) is 0 Å². The molecule has 5 nitrogen and oxygen atoms in total. The van der Waals surface area contributed by atoms with Crippen molar-refractivity contribution < 1.29 is 25.5 Å².